The van der Waals surface area contributed by atoms with E-state index in [0.29, 0.717) is 0 Å². The number of aliphatic hydroxyl groups excluding tert-OH is 2. The molecule has 1 aliphatic heterocycles. The second-order valence-electron chi connectivity index (χ2n) is 15.2. The zero-order chi connectivity index (χ0) is 46.8. The first kappa shape index (κ1) is 44.1. The molecule has 3 aliphatic rings. The van der Waals surface area contributed by atoms with Gasteiger partial charge in [0.15, 0.2) is 52.1 Å². The molecule has 7 rings (SSSR count). The number of phenolic OH excluding ortho intramolecular Hbond substituents is 8. The number of carbonyl (C=O) groups excluding carboxylic acids is 1. The number of hydrogen-bond acceptors (Lipinski definition) is 17. The Kier molecular flexibility index (Phi) is 11.3. The van der Waals surface area contributed by atoms with Gasteiger partial charge >= 0.3 is 29.8 Å². The maximum absolute atomic E-state index is 14.4. The number of rotatable bonds is 10. The normalized spacial score (nSPS) is 23.7. The fourth-order valence-corrected chi connectivity index (χ4v) is 8.61. The summed E-state index contributed by atoms with van der Waals surface area (Å²) in [5.74, 6) is -23.2. The van der Waals surface area contributed by atoms with Crippen LogP contribution in [0.3, 0.4) is 0 Å². The first-order valence-corrected chi connectivity index (χ1v) is 18.9. The van der Waals surface area contributed by atoms with Crippen molar-refractivity contribution in [2.45, 2.75) is 42.7 Å². The lowest BCUT2D eigenvalue weighted by atomic mass is 9.67. The number of phenols is 8. The lowest BCUT2D eigenvalue weighted by Crippen LogP contribution is -2.55. The number of carboxylic acids is 4. The topological polar surface area (TPSA) is 387 Å². The Morgan fingerprint density at radius 2 is 1.05 bits per heavy atom. The molecule has 1 fully saturated rings. The summed E-state index contributed by atoms with van der Waals surface area (Å²) in [5, 5.41) is 150. The first-order valence-electron chi connectivity index (χ1n) is 18.9. The van der Waals surface area contributed by atoms with Gasteiger partial charge in [-0.1, -0.05) is 12.1 Å². The van der Waals surface area contributed by atoms with Crippen LogP contribution in [-0.4, -0.2) is 132 Å². The van der Waals surface area contributed by atoms with E-state index in [1.54, 1.807) is 0 Å². The minimum atomic E-state index is -2.11. The summed E-state index contributed by atoms with van der Waals surface area (Å²) in [7, 11) is 0. The molecule has 8 atom stereocenters. The van der Waals surface area contributed by atoms with E-state index in [4.69, 9.17) is 9.47 Å². The van der Waals surface area contributed by atoms with Gasteiger partial charge in [0, 0.05) is 23.0 Å². The third-order valence-corrected chi connectivity index (χ3v) is 11.5. The molecule has 21 heteroatoms. The van der Waals surface area contributed by atoms with Crippen LogP contribution in [0.5, 0.6) is 46.0 Å². The van der Waals surface area contributed by atoms with Crippen molar-refractivity contribution in [3.63, 3.8) is 0 Å². The Balaban J connectivity index is 1.57. The molecular formula is C43H36O21. The molecule has 0 radical (unpaired) electrons. The Morgan fingerprint density at radius 3 is 1.47 bits per heavy atom. The SMILES string of the molecule is O=C(O)C[C@H]1OC[C@@H](O)[C@H](O)[C@H]1OC(=O)C1=Cc2c(cc(O)c(O)c2-c2c(O)c(O)cc3c2C=C(C(=O)O)[C@@H](C(=O)O)[C@@H]3c2ccc(O)c(O)c2)[C@@H](c2ccc(O)c(O)c2)[C@@H]1C(=O)O. The largest absolute Gasteiger partial charge is 0.504 e. The van der Waals surface area contributed by atoms with Gasteiger partial charge in [-0.25, -0.2) is 9.59 Å². The molecule has 64 heavy (non-hydrogen) atoms. The second-order valence-corrected chi connectivity index (χ2v) is 15.2. The number of hydrogen-bond donors (Lipinski definition) is 14. The summed E-state index contributed by atoms with van der Waals surface area (Å²) in [6.07, 6.45) is -6.54. The number of carboxylic acid groups (broad SMARTS) is 4. The number of ether oxygens (including phenoxy) is 2. The van der Waals surface area contributed by atoms with Crippen molar-refractivity contribution in [1.29, 1.82) is 0 Å². The fraction of sp³-hybridized carbons (Fsp3) is 0.233. The van der Waals surface area contributed by atoms with Crippen LogP contribution < -0.4 is 0 Å². The highest BCUT2D eigenvalue weighted by atomic mass is 16.6. The van der Waals surface area contributed by atoms with Crippen LogP contribution in [0.4, 0.5) is 0 Å². The van der Waals surface area contributed by atoms with Gasteiger partial charge in [-0.3, -0.25) is 14.4 Å². The standard InChI is InChI=1S/C43H36O21/c44-21-3-1-13(5-23(21)46)30-17-9-25(48)36(53)32(15(17)7-19(40(56)57)34(30)41(58)59)33-16-8-20(43(62)64-39-28(11-29(51)52)63-12-27(50)38(39)55)35(42(60)61)31(18(16)10-26(49)37(33)54)14-2-4-22(45)24(47)6-14/h1-10,27-28,30-31,34-35,38-39,44-50,53-55H,11-12H2,(H,51,52)(H,56,57)(H,58,59)(H,60,61)/t27-,28-,30-,31-,34-,35-,38+,39+/m1/s1. The molecule has 0 spiro atoms. The lowest BCUT2D eigenvalue weighted by Gasteiger charge is -2.38. The van der Waals surface area contributed by atoms with E-state index in [1.165, 1.54) is 0 Å². The lowest BCUT2D eigenvalue weighted by molar-refractivity contribution is -0.208. The number of aliphatic hydroxyl groups is 2. The van der Waals surface area contributed by atoms with E-state index < -0.39 is 170 Å². The summed E-state index contributed by atoms with van der Waals surface area (Å²) in [6, 6.07) is 7.70. The molecule has 2 aliphatic carbocycles. The summed E-state index contributed by atoms with van der Waals surface area (Å²) in [6.45, 7) is -0.586. The summed E-state index contributed by atoms with van der Waals surface area (Å²) >= 11 is 0. The van der Waals surface area contributed by atoms with Crippen LogP contribution in [0.2, 0.25) is 0 Å². The van der Waals surface area contributed by atoms with Crippen LogP contribution in [0.1, 0.15) is 51.6 Å². The molecule has 4 aromatic carbocycles. The molecule has 14 N–H and O–H groups in total. The molecule has 1 saturated heterocycles. The van der Waals surface area contributed by atoms with Gasteiger partial charge in [-0.05, 0) is 81.9 Å². The van der Waals surface area contributed by atoms with Crippen molar-refractivity contribution in [2.75, 3.05) is 6.61 Å². The Hall–Kier alpha value is -8.01. The van der Waals surface area contributed by atoms with Crippen LogP contribution in [0.25, 0.3) is 23.3 Å². The zero-order valence-electron chi connectivity index (χ0n) is 32.4. The van der Waals surface area contributed by atoms with E-state index in [9.17, 15) is 95.5 Å². The quantitative estimate of drug-likeness (QED) is 0.0800. The smallest absolute Gasteiger partial charge is 0.335 e. The van der Waals surface area contributed by atoms with E-state index in [1.807, 2.05) is 0 Å². The van der Waals surface area contributed by atoms with Crippen molar-refractivity contribution < 1.29 is 105 Å². The van der Waals surface area contributed by atoms with Crippen LogP contribution in [0, 0.1) is 11.8 Å². The van der Waals surface area contributed by atoms with Gasteiger partial charge in [-0.2, -0.15) is 0 Å². The molecule has 0 unspecified atom stereocenters. The van der Waals surface area contributed by atoms with Crippen LogP contribution in [-0.2, 0) is 33.4 Å². The third kappa shape index (κ3) is 7.41. The summed E-state index contributed by atoms with van der Waals surface area (Å²) in [4.78, 5) is 65.1. The Bertz CT molecular complexity index is 2730. The van der Waals surface area contributed by atoms with Crippen LogP contribution >= 0.6 is 0 Å². The molecule has 334 valence electrons. The van der Waals surface area contributed by atoms with E-state index in [2.05, 4.69) is 0 Å². The Labute approximate surface area is 357 Å². The van der Waals surface area contributed by atoms with Gasteiger partial charge in [0.1, 0.15) is 18.3 Å². The first-order chi connectivity index (χ1) is 30.1. The molecule has 0 bridgehead atoms. The maximum atomic E-state index is 14.4. The maximum Gasteiger partial charge on any atom is 0.335 e. The monoisotopic (exact) mass is 888 g/mol. The number of carbonyl (C=O) groups is 5. The van der Waals surface area contributed by atoms with Crippen LogP contribution in [0.15, 0.2) is 59.7 Å². The van der Waals surface area contributed by atoms with Gasteiger partial charge in [0.25, 0.3) is 0 Å². The van der Waals surface area contributed by atoms with E-state index >= 15 is 0 Å². The minimum Gasteiger partial charge on any atom is -0.504 e. The average molecular weight is 889 g/mol. The molecule has 0 aromatic heterocycles. The fourth-order valence-electron chi connectivity index (χ4n) is 8.61. The average Bonchev–Trinajstić information content (AvgIpc) is 3.22. The van der Waals surface area contributed by atoms with Gasteiger partial charge in [-0.15, -0.1) is 0 Å². The highest BCUT2D eigenvalue weighted by Crippen LogP contribution is 2.58. The highest BCUT2D eigenvalue weighted by molar-refractivity contribution is 6.07. The molecule has 4 aromatic rings. The minimum absolute atomic E-state index is 0.143. The molecule has 21 nitrogen and oxygen atoms in total. The number of fused-ring (bicyclic) bond motifs is 2. The number of esters is 1. The molecule has 1 heterocycles. The zero-order valence-corrected chi connectivity index (χ0v) is 32.4. The molecule has 0 saturated carbocycles. The van der Waals surface area contributed by atoms with Gasteiger partial charge < -0.3 is 81.0 Å². The van der Waals surface area contributed by atoms with Crippen molar-refractivity contribution in [3.05, 3.63) is 93.1 Å². The number of aliphatic carboxylic acids is 4. The van der Waals surface area contributed by atoms with Crippen molar-refractivity contribution >= 4 is 42.0 Å². The Morgan fingerprint density at radius 1 is 0.594 bits per heavy atom. The van der Waals surface area contributed by atoms with Gasteiger partial charge in [0.2, 0.25) is 0 Å². The van der Waals surface area contributed by atoms with E-state index in [-0.39, 0.29) is 22.3 Å². The number of benzene rings is 4. The molecule has 0 amide bonds. The molecular weight excluding hydrogens is 852 g/mol. The van der Waals surface area contributed by atoms with Crippen molar-refractivity contribution in [3.8, 4) is 57.1 Å². The van der Waals surface area contributed by atoms with Gasteiger partial charge in [0.05, 0.1) is 36.0 Å². The summed E-state index contributed by atoms with van der Waals surface area (Å²) < 4.78 is 10.8. The predicted molar refractivity (Wildman–Crippen MR) is 211 cm³/mol. The predicted octanol–water partition coefficient (Wildman–Crippen LogP) is 2.05. The van der Waals surface area contributed by atoms with E-state index in [0.717, 1.165) is 60.7 Å². The second kappa shape index (κ2) is 16.4. The highest BCUT2D eigenvalue weighted by Gasteiger charge is 2.48. The summed E-state index contributed by atoms with van der Waals surface area (Å²) in [5.41, 5.74) is -5.01. The third-order valence-electron chi connectivity index (χ3n) is 11.5. The van der Waals surface area contributed by atoms with Crippen molar-refractivity contribution in [1.82, 2.24) is 0 Å². The van der Waals surface area contributed by atoms with Crippen molar-refractivity contribution in [2.24, 2.45) is 11.8 Å². The number of aromatic hydroxyl groups is 8.